The number of ether oxygens (including phenoxy) is 1. The Morgan fingerprint density at radius 3 is 3.10 bits per heavy atom. The van der Waals surface area contributed by atoms with Crippen LogP contribution in [0.1, 0.15) is 24.7 Å². The van der Waals surface area contributed by atoms with E-state index in [1.165, 1.54) is 0 Å². The number of likely N-dealkylation sites (N-methyl/N-ethyl adjacent to an activating group) is 1. The van der Waals surface area contributed by atoms with Crippen LogP contribution >= 0.6 is 0 Å². The predicted molar refractivity (Wildman–Crippen MR) is 74.1 cm³/mol. The number of amides is 1. The third-order valence-corrected chi connectivity index (χ3v) is 4.30. The van der Waals surface area contributed by atoms with Crippen LogP contribution in [-0.2, 0) is 9.53 Å². The summed E-state index contributed by atoms with van der Waals surface area (Å²) >= 11 is 0. The Kier molecular flexibility index (Phi) is 4.03. The van der Waals surface area contributed by atoms with Crippen LogP contribution in [0.2, 0.25) is 0 Å². The molecule has 2 aliphatic rings. The lowest BCUT2D eigenvalue weighted by Crippen LogP contribution is -2.51. The van der Waals surface area contributed by atoms with Crippen molar-refractivity contribution in [3.63, 3.8) is 0 Å². The average Bonchev–Trinajstić information content (AvgIpc) is 3.02. The van der Waals surface area contributed by atoms with Gasteiger partial charge in [-0.15, -0.1) is 0 Å². The summed E-state index contributed by atoms with van der Waals surface area (Å²) in [5.74, 6) is 1.23. The summed E-state index contributed by atoms with van der Waals surface area (Å²) in [5.41, 5.74) is 0. The first kappa shape index (κ1) is 13.6. The Morgan fingerprint density at radius 1 is 1.50 bits per heavy atom. The maximum absolute atomic E-state index is 12.6. The van der Waals surface area contributed by atoms with Crippen molar-refractivity contribution in [1.82, 2.24) is 19.8 Å². The van der Waals surface area contributed by atoms with Gasteiger partial charge in [0.25, 0.3) is 0 Å². The molecule has 2 fully saturated rings. The number of rotatable bonds is 2. The van der Waals surface area contributed by atoms with Crippen LogP contribution in [0.4, 0.5) is 0 Å². The lowest BCUT2D eigenvalue weighted by Gasteiger charge is -2.40. The molecule has 110 valence electrons. The van der Waals surface area contributed by atoms with Crippen LogP contribution in [0.25, 0.3) is 0 Å². The number of nitrogens with one attached hydrogen (secondary N) is 1. The molecule has 20 heavy (non-hydrogen) atoms. The van der Waals surface area contributed by atoms with E-state index >= 15 is 0 Å². The Labute approximate surface area is 119 Å². The highest BCUT2D eigenvalue weighted by Crippen LogP contribution is 2.24. The van der Waals surface area contributed by atoms with Crippen molar-refractivity contribution in [2.24, 2.45) is 5.92 Å². The first-order valence-corrected chi connectivity index (χ1v) is 7.32. The minimum absolute atomic E-state index is 0.0457. The lowest BCUT2D eigenvalue weighted by atomic mass is 9.99. The normalized spacial score (nSPS) is 28.6. The first-order chi connectivity index (χ1) is 9.75. The molecule has 2 saturated heterocycles. The summed E-state index contributed by atoms with van der Waals surface area (Å²) in [4.78, 5) is 24.3. The highest BCUT2D eigenvalue weighted by molar-refractivity contribution is 5.79. The molecule has 0 aromatic carbocycles. The highest BCUT2D eigenvalue weighted by Gasteiger charge is 2.33. The molecule has 6 heteroatoms. The van der Waals surface area contributed by atoms with Gasteiger partial charge in [-0.25, -0.2) is 4.98 Å². The fraction of sp³-hybridized carbons (Fsp3) is 0.714. The standard InChI is InChI=1S/C14H22N4O2/c1-17-6-7-18(9-12(17)13-15-4-5-16-13)14(19)11-3-2-8-20-10-11/h4-5,11-12H,2-3,6-10H2,1H3,(H,15,16)/t11-,12+/m0/s1. The molecule has 0 bridgehead atoms. The Morgan fingerprint density at radius 2 is 2.40 bits per heavy atom. The zero-order valence-electron chi connectivity index (χ0n) is 11.9. The van der Waals surface area contributed by atoms with Crippen LogP contribution in [-0.4, -0.2) is 65.6 Å². The molecule has 1 aromatic heterocycles. The van der Waals surface area contributed by atoms with E-state index in [0.29, 0.717) is 13.2 Å². The van der Waals surface area contributed by atoms with E-state index in [4.69, 9.17) is 4.74 Å². The van der Waals surface area contributed by atoms with Gasteiger partial charge in [0.2, 0.25) is 5.91 Å². The summed E-state index contributed by atoms with van der Waals surface area (Å²) < 4.78 is 5.44. The number of hydrogen-bond donors (Lipinski definition) is 1. The van der Waals surface area contributed by atoms with Crippen molar-refractivity contribution in [3.8, 4) is 0 Å². The molecule has 3 heterocycles. The van der Waals surface area contributed by atoms with Crippen LogP contribution in [0, 0.1) is 5.92 Å². The quantitative estimate of drug-likeness (QED) is 0.863. The van der Waals surface area contributed by atoms with Gasteiger partial charge in [-0.3, -0.25) is 9.69 Å². The third-order valence-electron chi connectivity index (χ3n) is 4.30. The van der Waals surface area contributed by atoms with Crippen LogP contribution < -0.4 is 0 Å². The Hall–Kier alpha value is -1.40. The second kappa shape index (κ2) is 5.93. The zero-order chi connectivity index (χ0) is 13.9. The van der Waals surface area contributed by atoms with Crippen molar-refractivity contribution >= 4 is 5.91 Å². The van der Waals surface area contributed by atoms with Gasteiger partial charge in [-0.05, 0) is 19.9 Å². The van der Waals surface area contributed by atoms with Crippen LogP contribution in [0.3, 0.4) is 0 Å². The van der Waals surface area contributed by atoms with Gasteiger partial charge in [0.15, 0.2) is 0 Å². The number of nitrogens with zero attached hydrogens (tertiary/aromatic N) is 3. The van der Waals surface area contributed by atoms with E-state index in [0.717, 1.165) is 38.4 Å². The summed E-state index contributed by atoms with van der Waals surface area (Å²) in [6.45, 7) is 3.76. The fourth-order valence-corrected chi connectivity index (χ4v) is 3.02. The molecular weight excluding hydrogens is 256 g/mol. The molecule has 0 saturated carbocycles. The number of H-pyrrole nitrogens is 1. The fourth-order valence-electron chi connectivity index (χ4n) is 3.02. The van der Waals surface area contributed by atoms with Crippen molar-refractivity contribution in [2.45, 2.75) is 18.9 Å². The van der Waals surface area contributed by atoms with E-state index in [1.807, 2.05) is 11.1 Å². The van der Waals surface area contributed by atoms with Crippen LogP contribution in [0.5, 0.6) is 0 Å². The van der Waals surface area contributed by atoms with Gasteiger partial charge in [0.05, 0.1) is 18.6 Å². The molecule has 1 N–H and O–H groups in total. The molecule has 0 radical (unpaired) electrons. The second-order valence-corrected chi connectivity index (χ2v) is 5.67. The van der Waals surface area contributed by atoms with Gasteiger partial charge in [-0.2, -0.15) is 0 Å². The number of hydrogen-bond acceptors (Lipinski definition) is 4. The molecular formula is C14H22N4O2. The molecule has 3 rings (SSSR count). The monoisotopic (exact) mass is 278 g/mol. The first-order valence-electron chi connectivity index (χ1n) is 7.32. The molecule has 2 aliphatic heterocycles. The Balaban J connectivity index is 1.67. The SMILES string of the molecule is CN1CCN(C(=O)[C@H]2CCCOC2)C[C@@H]1c1ncc[nH]1. The van der Waals surface area contributed by atoms with Crippen molar-refractivity contribution in [2.75, 3.05) is 39.9 Å². The summed E-state index contributed by atoms with van der Waals surface area (Å²) in [6.07, 6.45) is 5.54. The van der Waals surface area contributed by atoms with Gasteiger partial charge >= 0.3 is 0 Å². The molecule has 0 aliphatic carbocycles. The highest BCUT2D eigenvalue weighted by atomic mass is 16.5. The average molecular weight is 278 g/mol. The van der Waals surface area contributed by atoms with Crippen LogP contribution in [0.15, 0.2) is 12.4 Å². The number of carbonyl (C=O) groups excluding carboxylic acids is 1. The van der Waals surface area contributed by atoms with Crippen molar-refractivity contribution in [3.05, 3.63) is 18.2 Å². The number of piperazine rings is 1. The smallest absolute Gasteiger partial charge is 0.228 e. The minimum Gasteiger partial charge on any atom is -0.381 e. The van der Waals surface area contributed by atoms with Gasteiger partial charge in [0.1, 0.15) is 5.82 Å². The number of imidazole rings is 1. The molecule has 1 amide bonds. The molecule has 1 aromatic rings. The van der Waals surface area contributed by atoms with Gasteiger partial charge < -0.3 is 14.6 Å². The number of aromatic amines is 1. The van der Waals surface area contributed by atoms with Crippen molar-refractivity contribution in [1.29, 1.82) is 0 Å². The molecule has 0 unspecified atom stereocenters. The molecule has 2 atom stereocenters. The summed E-state index contributed by atoms with van der Waals surface area (Å²) in [7, 11) is 2.08. The van der Waals surface area contributed by atoms with E-state index < -0.39 is 0 Å². The zero-order valence-corrected chi connectivity index (χ0v) is 11.9. The lowest BCUT2D eigenvalue weighted by molar-refractivity contribution is -0.142. The van der Waals surface area contributed by atoms with Gasteiger partial charge in [-0.1, -0.05) is 0 Å². The Bertz CT molecular complexity index is 442. The topological polar surface area (TPSA) is 61.5 Å². The third kappa shape index (κ3) is 2.71. The number of carbonyl (C=O) groups is 1. The second-order valence-electron chi connectivity index (χ2n) is 5.67. The summed E-state index contributed by atoms with van der Waals surface area (Å²) in [6, 6.07) is 0.159. The molecule has 6 nitrogen and oxygen atoms in total. The van der Waals surface area contributed by atoms with Gasteiger partial charge in [0, 0.05) is 38.6 Å². The maximum Gasteiger partial charge on any atom is 0.228 e. The van der Waals surface area contributed by atoms with Crippen molar-refractivity contribution < 1.29 is 9.53 Å². The predicted octanol–water partition coefficient (Wildman–Crippen LogP) is 0.651. The maximum atomic E-state index is 12.6. The minimum atomic E-state index is 0.0457. The summed E-state index contributed by atoms with van der Waals surface area (Å²) in [5, 5.41) is 0. The van der Waals surface area contributed by atoms with E-state index in [9.17, 15) is 4.79 Å². The molecule has 0 spiro atoms. The van der Waals surface area contributed by atoms with E-state index in [-0.39, 0.29) is 17.9 Å². The van der Waals surface area contributed by atoms with E-state index in [1.54, 1.807) is 6.20 Å². The number of aromatic nitrogens is 2. The van der Waals surface area contributed by atoms with E-state index in [2.05, 4.69) is 21.9 Å². The largest absolute Gasteiger partial charge is 0.381 e.